The van der Waals surface area contributed by atoms with Crippen LogP contribution in [0.15, 0.2) is 24.3 Å². The van der Waals surface area contributed by atoms with E-state index >= 15 is 0 Å². The Balaban J connectivity index is 1.02. The van der Waals surface area contributed by atoms with Gasteiger partial charge in [-0.3, -0.25) is 0 Å². The fourth-order valence-corrected chi connectivity index (χ4v) is 5.05. The average molecular weight is 489 g/mol. The Morgan fingerprint density at radius 3 is 1.43 bits per heavy atom. The summed E-state index contributed by atoms with van der Waals surface area (Å²) in [4.78, 5) is 0. The molecule has 0 aromatic carbocycles. The van der Waals surface area contributed by atoms with Crippen LogP contribution in [0.3, 0.4) is 0 Å². The van der Waals surface area contributed by atoms with Gasteiger partial charge in [0.05, 0.1) is 26.4 Å². The maximum absolute atomic E-state index is 5.99. The summed E-state index contributed by atoms with van der Waals surface area (Å²) in [6.07, 6.45) is 2.02. The molecule has 2 aliphatic rings. The Hall–Kier alpha value is -1.64. The molecule has 0 spiro atoms. The van der Waals surface area contributed by atoms with E-state index in [-0.39, 0.29) is 23.0 Å². The highest BCUT2D eigenvalue weighted by Gasteiger charge is 2.47. The van der Waals surface area contributed by atoms with Gasteiger partial charge in [0.25, 0.3) is 0 Å². The van der Waals surface area contributed by atoms with Gasteiger partial charge in [0.1, 0.15) is 12.2 Å². The Bertz CT molecular complexity index is 892. The monoisotopic (exact) mass is 488 g/mol. The number of ether oxygens (including phenoxy) is 5. The summed E-state index contributed by atoms with van der Waals surface area (Å²) in [7, 11) is 4.19. The predicted octanol–water partition coefficient (Wildman–Crippen LogP) is 4.67. The molecule has 4 heterocycles. The van der Waals surface area contributed by atoms with Crippen molar-refractivity contribution >= 4 is 0 Å². The molecule has 2 aromatic heterocycles. The van der Waals surface area contributed by atoms with E-state index in [1.165, 1.54) is 22.8 Å². The van der Waals surface area contributed by atoms with Crippen LogP contribution in [0, 0.1) is 24.7 Å². The molecule has 196 valence electrons. The number of hydrogen-bond donors (Lipinski definition) is 0. The third-order valence-corrected chi connectivity index (χ3v) is 7.80. The smallest absolute Gasteiger partial charge is 0.107 e. The van der Waals surface area contributed by atoms with Crippen molar-refractivity contribution in [1.82, 2.24) is 9.13 Å². The van der Waals surface area contributed by atoms with Crippen LogP contribution >= 0.6 is 0 Å². The highest BCUT2D eigenvalue weighted by molar-refractivity contribution is 5.22. The van der Waals surface area contributed by atoms with Gasteiger partial charge in [-0.25, -0.2) is 0 Å². The lowest BCUT2D eigenvalue weighted by Crippen LogP contribution is -2.47. The van der Waals surface area contributed by atoms with Crippen molar-refractivity contribution in [2.45, 2.75) is 52.7 Å². The van der Waals surface area contributed by atoms with Gasteiger partial charge in [0.15, 0.2) is 0 Å². The van der Waals surface area contributed by atoms with E-state index in [1.807, 2.05) is 0 Å². The fraction of sp³-hybridized carbons (Fsp3) is 0.714. The van der Waals surface area contributed by atoms with Crippen LogP contribution in [0.25, 0.3) is 0 Å². The first-order valence-electron chi connectivity index (χ1n) is 13.0. The molecule has 4 unspecified atom stereocenters. The van der Waals surface area contributed by atoms with E-state index in [9.17, 15) is 0 Å². The van der Waals surface area contributed by atoms with Gasteiger partial charge in [-0.15, -0.1) is 0 Å². The SMILES string of the molecule is Cc1ccc(C2OCC2(C)COCCCOCCCOCC2(C)COC2c2ccc(C)n2C)n1C. The lowest BCUT2D eigenvalue weighted by atomic mass is 9.79. The number of hydrogen-bond acceptors (Lipinski definition) is 5. The Morgan fingerprint density at radius 2 is 1.11 bits per heavy atom. The molecule has 2 saturated heterocycles. The highest BCUT2D eigenvalue weighted by Crippen LogP contribution is 2.47. The summed E-state index contributed by atoms with van der Waals surface area (Å²) in [6.45, 7) is 14.5. The minimum Gasteiger partial charge on any atom is -0.381 e. The minimum atomic E-state index is 0.0386. The standard InChI is InChI=1S/C28H44N2O5/c1-21-9-11-23(29(21)5)25-27(3,19-34-25)17-32-15-7-13-31-14-8-16-33-18-28(4)20-35-26(28)24-12-10-22(2)30(24)6/h9-12,25-26H,7-8,13-20H2,1-6H3. The van der Waals surface area contributed by atoms with Crippen molar-refractivity contribution in [3.8, 4) is 0 Å². The first-order valence-corrected chi connectivity index (χ1v) is 13.0. The van der Waals surface area contributed by atoms with Gasteiger partial charge < -0.3 is 32.8 Å². The van der Waals surface area contributed by atoms with Gasteiger partial charge in [-0.2, -0.15) is 0 Å². The van der Waals surface area contributed by atoms with Crippen molar-refractivity contribution in [3.63, 3.8) is 0 Å². The molecule has 0 N–H and O–H groups in total. The molecule has 35 heavy (non-hydrogen) atoms. The molecule has 0 radical (unpaired) electrons. The first kappa shape index (κ1) is 26.4. The van der Waals surface area contributed by atoms with Gasteiger partial charge in [-0.05, 0) is 51.0 Å². The molecule has 0 amide bonds. The maximum atomic E-state index is 5.99. The molecule has 4 rings (SSSR count). The van der Waals surface area contributed by atoms with Crippen LogP contribution < -0.4 is 0 Å². The molecule has 0 aliphatic carbocycles. The molecule has 2 fully saturated rings. The maximum Gasteiger partial charge on any atom is 0.107 e. The molecule has 2 aliphatic heterocycles. The topological polar surface area (TPSA) is 56.0 Å². The fourth-order valence-electron chi connectivity index (χ4n) is 5.05. The van der Waals surface area contributed by atoms with Gasteiger partial charge >= 0.3 is 0 Å². The summed E-state index contributed by atoms with van der Waals surface area (Å²) >= 11 is 0. The summed E-state index contributed by atoms with van der Waals surface area (Å²) in [6, 6.07) is 8.62. The van der Waals surface area contributed by atoms with Crippen LogP contribution in [0.5, 0.6) is 0 Å². The largest absolute Gasteiger partial charge is 0.381 e. The summed E-state index contributed by atoms with van der Waals surface area (Å²) in [5.41, 5.74) is 5.04. The Morgan fingerprint density at radius 1 is 0.714 bits per heavy atom. The molecule has 0 saturated carbocycles. The quantitative estimate of drug-likeness (QED) is 0.362. The zero-order valence-electron chi connectivity index (χ0n) is 22.5. The van der Waals surface area contributed by atoms with E-state index in [0.29, 0.717) is 39.6 Å². The molecular formula is C28H44N2O5. The lowest BCUT2D eigenvalue weighted by molar-refractivity contribution is -0.209. The molecule has 0 bridgehead atoms. The van der Waals surface area contributed by atoms with Gasteiger partial charge in [0, 0.05) is 74.1 Å². The third kappa shape index (κ3) is 5.70. The second kappa shape index (κ2) is 11.2. The van der Waals surface area contributed by atoms with Crippen molar-refractivity contribution in [1.29, 1.82) is 0 Å². The number of aromatic nitrogens is 2. The van der Waals surface area contributed by atoms with Crippen LogP contribution in [0.4, 0.5) is 0 Å². The van der Waals surface area contributed by atoms with Crippen LogP contribution in [0.2, 0.25) is 0 Å². The van der Waals surface area contributed by atoms with Crippen molar-refractivity contribution in [3.05, 3.63) is 47.0 Å². The zero-order valence-corrected chi connectivity index (χ0v) is 22.5. The predicted molar refractivity (Wildman–Crippen MR) is 136 cm³/mol. The summed E-state index contributed by atoms with van der Waals surface area (Å²) in [5.74, 6) is 0. The van der Waals surface area contributed by atoms with Crippen molar-refractivity contribution in [2.75, 3.05) is 52.9 Å². The molecule has 7 heteroatoms. The molecule has 2 aromatic rings. The summed E-state index contributed by atoms with van der Waals surface area (Å²) < 4.78 is 34.0. The second-order valence-electron chi connectivity index (χ2n) is 11.0. The van der Waals surface area contributed by atoms with E-state index in [0.717, 1.165) is 26.1 Å². The highest BCUT2D eigenvalue weighted by atomic mass is 16.5. The van der Waals surface area contributed by atoms with Crippen LogP contribution in [0.1, 0.15) is 61.7 Å². The number of nitrogens with zero attached hydrogens (tertiary/aromatic N) is 2. The third-order valence-electron chi connectivity index (χ3n) is 7.80. The molecular weight excluding hydrogens is 444 g/mol. The van der Waals surface area contributed by atoms with E-state index < -0.39 is 0 Å². The number of aryl methyl sites for hydroxylation is 2. The van der Waals surface area contributed by atoms with Gasteiger partial charge in [0.2, 0.25) is 0 Å². The van der Waals surface area contributed by atoms with Crippen LogP contribution in [-0.4, -0.2) is 62.0 Å². The van der Waals surface area contributed by atoms with E-state index in [1.54, 1.807) is 0 Å². The lowest BCUT2D eigenvalue weighted by Gasteiger charge is -2.46. The Kier molecular flexibility index (Phi) is 8.44. The normalized spacial score (nSPS) is 28.2. The Labute approximate surface area is 210 Å². The van der Waals surface area contributed by atoms with E-state index in [2.05, 4.69) is 75.2 Å². The van der Waals surface area contributed by atoms with Crippen LogP contribution in [-0.2, 0) is 37.8 Å². The van der Waals surface area contributed by atoms with Crippen molar-refractivity contribution in [2.24, 2.45) is 24.9 Å². The van der Waals surface area contributed by atoms with Crippen molar-refractivity contribution < 1.29 is 23.7 Å². The average Bonchev–Trinajstić information content (AvgIpc) is 3.31. The molecule has 7 nitrogen and oxygen atoms in total. The summed E-state index contributed by atoms with van der Waals surface area (Å²) in [5, 5.41) is 0. The second-order valence-corrected chi connectivity index (χ2v) is 11.0. The number of rotatable bonds is 14. The van der Waals surface area contributed by atoms with Gasteiger partial charge in [-0.1, -0.05) is 13.8 Å². The first-order chi connectivity index (χ1) is 16.8. The van der Waals surface area contributed by atoms with E-state index in [4.69, 9.17) is 23.7 Å². The minimum absolute atomic E-state index is 0.0386. The zero-order chi connectivity index (χ0) is 25.1. The molecule has 4 atom stereocenters.